The second-order valence-corrected chi connectivity index (χ2v) is 5.56. The molecule has 0 N–H and O–H groups in total. The van der Waals surface area contributed by atoms with Gasteiger partial charge in [0.05, 0.1) is 16.1 Å². The van der Waals surface area contributed by atoms with Crippen LogP contribution in [0, 0.1) is 10.1 Å². The van der Waals surface area contributed by atoms with Gasteiger partial charge >= 0.3 is 0 Å². The van der Waals surface area contributed by atoms with E-state index in [4.69, 9.17) is 9.47 Å². The van der Waals surface area contributed by atoms with Crippen LogP contribution in [-0.4, -0.2) is 20.9 Å². The third-order valence-corrected chi connectivity index (χ3v) is 4.02. The van der Waals surface area contributed by atoms with Gasteiger partial charge in [-0.1, -0.05) is 12.1 Å². The molecule has 0 fully saturated rings. The Labute approximate surface area is 141 Å². The Morgan fingerprint density at radius 1 is 1.17 bits per heavy atom. The first-order valence-corrected chi connectivity index (χ1v) is 7.46. The van der Waals surface area contributed by atoms with Crippen molar-refractivity contribution in [3.05, 3.63) is 57.8 Å². The third-order valence-electron chi connectivity index (χ3n) is 3.72. The first-order valence-electron chi connectivity index (χ1n) is 7.06. The predicted octanol–water partition coefficient (Wildman–Crippen LogP) is 3.54. The van der Waals surface area contributed by atoms with Crippen molar-refractivity contribution in [2.75, 3.05) is 6.79 Å². The number of nitrogens with zero attached hydrogens (tertiary/aromatic N) is 3. The molecule has 0 bridgehead atoms. The number of fused-ring (bicyclic) bond motifs is 2. The van der Waals surface area contributed by atoms with Crippen LogP contribution in [0.2, 0.25) is 0 Å². The molecule has 1 aromatic heterocycles. The lowest BCUT2D eigenvalue weighted by atomic mass is 10.1. The maximum atomic E-state index is 10.9. The van der Waals surface area contributed by atoms with Gasteiger partial charge in [0, 0.05) is 17.5 Å². The Morgan fingerprint density at radius 2 is 2.00 bits per heavy atom. The fraction of sp³-hybridized carbons (Fsp3) is 0.0625. The molecule has 7 nitrogen and oxygen atoms in total. The van der Waals surface area contributed by atoms with E-state index in [0.29, 0.717) is 17.0 Å². The summed E-state index contributed by atoms with van der Waals surface area (Å²) < 4.78 is 12.0. The van der Waals surface area contributed by atoms with Crippen LogP contribution in [0.3, 0.4) is 0 Å². The smallest absolute Gasteiger partial charge is 0.271 e. The van der Waals surface area contributed by atoms with Gasteiger partial charge in [-0.2, -0.15) is 5.10 Å². The maximum Gasteiger partial charge on any atom is 0.271 e. The minimum atomic E-state index is -0.442. The van der Waals surface area contributed by atoms with Crippen LogP contribution in [0.5, 0.6) is 11.5 Å². The summed E-state index contributed by atoms with van der Waals surface area (Å²) >= 11 is 4.23. The minimum absolute atomic E-state index is 0.00370. The predicted molar refractivity (Wildman–Crippen MR) is 92.3 cm³/mol. The minimum Gasteiger partial charge on any atom is -0.454 e. The van der Waals surface area contributed by atoms with E-state index in [2.05, 4.69) is 17.9 Å². The molecule has 0 radical (unpaired) electrons. The number of nitro groups is 1. The molecular formula is C16H11N3O4S. The number of non-ortho nitro benzene ring substituents is 1. The number of ether oxygens (including phenoxy) is 2. The average Bonchev–Trinajstić information content (AvgIpc) is 3.17. The average molecular weight is 341 g/mol. The lowest BCUT2D eigenvalue weighted by Gasteiger charge is -1.97. The number of benzene rings is 2. The van der Waals surface area contributed by atoms with Gasteiger partial charge in [0.25, 0.3) is 5.69 Å². The largest absolute Gasteiger partial charge is 0.454 e. The molecule has 2 aromatic carbocycles. The molecular weight excluding hydrogens is 330 g/mol. The Bertz CT molecular complexity index is 996. The van der Waals surface area contributed by atoms with Crippen molar-refractivity contribution in [3.63, 3.8) is 0 Å². The Balaban J connectivity index is 1.70. The number of thiol groups is 1. The summed E-state index contributed by atoms with van der Waals surface area (Å²) in [5.74, 6) is 1.43. The van der Waals surface area contributed by atoms with Crippen LogP contribution < -0.4 is 9.47 Å². The van der Waals surface area contributed by atoms with Crippen molar-refractivity contribution in [3.8, 4) is 11.5 Å². The molecule has 0 spiro atoms. The normalized spacial score (nSPS) is 13.0. The monoisotopic (exact) mass is 341 g/mol. The van der Waals surface area contributed by atoms with Crippen molar-refractivity contribution in [2.24, 2.45) is 0 Å². The summed E-state index contributed by atoms with van der Waals surface area (Å²) in [5.41, 5.74) is 2.19. The van der Waals surface area contributed by atoms with E-state index >= 15 is 0 Å². The second-order valence-electron chi connectivity index (χ2n) is 5.18. The zero-order valence-electron chi connectivity index (χ0n) is 12.2. The number of hydrogen-bond acceptors (Lipinski definition) is 6. The van der Waals surface area contributed by atoms with E-state index in [1.807, 2.05) is 30.4 Å². The zero-order chi connectivity index (χ0) is 16.7. The summed E-state index contributed by atoms with van der Waals surface area (Å²) in [4.78, 5) is 10.4. The Morgan fingerprint density at radius 3 is 2.83 bits per heavy atom. The highest BCUT2D eigenvalue weighted by atomic mass is 32.1. The molecule has 3 aromatic rings. The first-order chi connectivity index (χ1) is 11.6. The van der Waals surface area contributed by atoms with Crippen LogP contribution in [0.25, 0.3) is 23.1 Å². The topological polar surface area (TPSA) is 79.4 Å². The van der Waals surface area contributed by atoms with Gasteiger partial charge < -0.3 is 9.47 Å². The van der Waals surface area contributed by atoms with Gasteiger partial charge in [-0.05, 0) is 42.7 Å². The summed E-state index contributed by atoms with van der Waals surface area (Å²) in [6.45, 7) is 0.232. The summed E-state index contributed by atoms with van der Waals surface area (Å²) in [7, 11) is 0. The highest BCUT2D eigenvalue weighted by Gasteiger charge is 2.14. The van der Waals surface area contributed by atoms with Crippen molar-refractivity contribution in [2.45, 2.75) is 0 Å². The fourth-order valence-electron chi connectivity index (χ4n) is 2.54. The molecule has 0 atom stereocenters. The van der Waals surface area contributed by atoms with E-state index in [1.165, 1.54) is 16.2 Å². The molecule has 0 amide bonds. The van der Waals surface area contributed by atoms with Gasteiger partial charge in [-0.25, -0.2) is 4.09 Å². The molecule has 0 unspecified atom stereocenters. The molecule has 2 heterocycles. The SMILES string of the molecule is O=[N+]([O-])c1ccc2c(/C=C/c3ccc4c(c3)OCO4)nn(S)c2c1. The summed E-state index contributed by atoms with van der Waals surface area (Å²) in [6.07, 6.45) is 3.72. The van der Waals surface area contributed by atoms with Gasteiger partial charge in [0.15, 0.2) is 11.5 Å². The third kappa shape index (κ3) is 2.46. The van der Waals surface area contributed by atoms with Crippen molar-refractivity contribution in [1.29, 1.82) is 0 Å². The molecule has 8 heteroatoms. The number of nitro benzene ring substituents is 1. The van der Waals surface area contributed by atoms with E-state index in [-0.39, 0.29) is 12.5 Å². The fourth-order valence-corrected chi connectivity index (χ4v) is 2.80. The number of aromatic nitrogens is 2. The zero-order valence-corrected chi connectivity index (χ0v) is 13.1. The lowest BCUT2D eigenvalue weighted by molar-refractivity contribution is -0.384. The molecule has 0 saturated carbocycles. The molecule has 120 valence electrons. The van der Waals surface area contributed by atoms with Gasteiger partial charge in [0.2, 0.25) is 6.79 Å². The van der Waals surface area contributed by atoms with Crippen molar-refractivity contribution >= 4 is 41.6 Å². The maximum absolute atomic E-state index is 10.9. The second kappa shape index (κ2) is 5.57. The van der Waals surface area contributed by atoms with Crippen LogP contribution in [0.1, 0.15) is 11.3 Å². The number of rotatable bonds is 3. The van der Waals surface area contributed by atoms with Crippen LogP contribution in [0.4, 0.5) is 5.69 Å². The Hall–Kier alpha value is -3.00. The van der Waals surface area contributed by atoms with Gasteiger partial charge in [-0.15, -0.1) is 0 Å². The highest BCUT2D eigenvalue weighted by Crippen LogP contribution is 2.33. The molecule has 1 aliphatic heterocycles. The van der Waals surface area contributed by atoms with Crippen LogP contribution in [0.15, 0.2) is 36.4 Å². The first kappa shape index (κ1) is 14.6. The summed E-state index contributed by atoms with van der Waals surface area (Å²) in [5, 5.41) is 16.0. The highest BCUT2D eigenvalue weighted by molar-refractivity contribution is 7.78. The van der Waals surface area contributed by atoms with Crippen LogP contribution >= 0.6 is 12.8 Å². The van der Waals surface area contributed by atoms with Crippen molar-refractivity contribution < 1.29 is 14.4 Å². The lowest BCUT2D eigenvalue weighted by Crippen LogP contribution is -1.92. The van der Waals surface area contributed by atoms with Gasteiger partial charge in [-0.3, -0.25) is 10.1 Å². The van der Waals surface area contributed by atoms with E-state index in [1.54, 1.807) is 6.07 Å². The van der Waals surface area contributed by atoms with E-state index in [9.17, 15) is 10.1 Å². The molecule has 4 rings (SSSR count). The van der Waals surface area contributed by atoms with Gasteiger partial charge in [0.1, 0.15) is 0 Å². The van der Waals surface area contributed by atoms with Crippen LogP contribution in [-0.2, 0) is 0 Å². The summed E-state index contributed by atoms with van der Waals surface area (Å²) in [6, 6.07) is 10.2. The quantitative estimate of drug-likeness (QED) is 0.448. The van der Waals surface area contributed by atoms with E-state index < -0.39 is 4.92 Å². The van der Waals surface area contributed by atoms with Crippen molar-refractivity contribution in [1.82, 2.24) is 9.19 Å². The molecule has 24 heavy (non-hydrogen) atoms. The number of hydrogen-bond donors (Lipinski definition) is 1. The molecule has 0 aliphatic carbocycles. The standard InChI is InChI=1S/C16H11N3O4S/c20-19(21)11-3-4-12-13(17-18(24)14(12)8-11)5-1-10-2-6-15-16(7-10)23-9-22-15/h1-8,24H,9H2/b5-1+. The molecule has 1 aliphatic rings. The Kier molecular flexibility index (Phi) is 3.39. The van der Waals surface area contributed by atoms with E-state index in [0.717, 1.165) is 16.7 Å². The molecule has 0 saturated heterocycles.